The molecule has 1 saturated carbocycles. The molecule has 3 rings (SSSR count). The highest BCUT2D eigenvalue weighted by atomic mass is 32.1. The molecule has 2 nitrogen and oxygen atoms in total. The van der Waals surface area contributed by atoms with Gasteiger partial charge in [0.05, 0.1) is 5.69 Å². The van der Waals surface area contributed by atoms with Crippen molar-refractivity contribution in [3.63, 3.8) is 0 Å². The highest BCUT2D eigenvalue weighted by molar-refractivity contribution is 7.12. The lowest BCUT2D eigenvalue weighted by atomic mass is 9.65. The topological polar surface area (TPSA) is 24.9 Å². The van der Waals surface area contributed by atoms with E-state index in [1.54, 1.807) is 0 Å². The Morgan fingerprint density at radius 1 is 1.24 bits per heavy atom. The molecule has 1 aromatic heterocycles. The maximum Gasteiger partial charge on any atom is 0.104 e. The zero-order valence-corrected chi connectivity index (χ0v) is 13.8. The predicted octanol–water partition coefficient (Wildman–Crippen LogP) is 4.29. The Morgan fingerprint density at radius 2 is 2.00 bits per heavy atom. The van der Waals surface area contributed by atoms with Crippen molar-refractivity contribution in [2.24, 2.45) is 0 Å². The van der Waals surface area contributed by atoms with Crippen LogP contribution in [0.1, 0.15) is 53.7 Å². The second-order valence-corrected chi connectivity index (χ2v) is 7.05. The first-order valence-electron chi connectivity index (χ1n) is 7.99. The second kappa shape index (κ2) is 6.29. The summed E-state index contributed by atoms with van der Waals surface area (Å²) >= 11 is 1.93. The quantitative estimate of drug-likeness (QED) is 0.861. The number of benzene rings is 1. The fourth-order valence-electron chi connectivity index (χ4n) is 3.23. The number of nitrogens with zero attached hydrogens (tertiary/aromatic N) is 1. The fourth-order valence-corrected chi connectivity index (χ4v) is 4.62. The Balaban J connectivity index is 2.00. The number of aromatic nitrogens is 1. The second-order valence-electron chi connectivity index (χ2n) is 5.97. The van der Waals surface area contributed by atoms with Gasteiger partial charge in [-0.1, -0.05) is 50.1 Å². The summed E-state index contributed by atoms with van der Waals surface area (Å²) in [6.45, 7) is 3.18. The molecule has 0 radical (unpaired) electrons. The molecule has 0 amide bonds. The largest absolute Gasteiger partial charge is 0.315 e. The SMILES string of the molecule is CCCc1nc(C2(c3ccccc3)CCC2)sc1CNC. The van der Waals surface area contributed by atoms with Crippen molar-refractivity contribution in [1.82, 2.24) is 10.3 Å². The van der Waals surface area contributed by atoms with Crippen molar-refractivity contribution in [2.45, 2.75) is 51.0 Å². The van der Waals surface area contributed by atoms with E-state index < -0.39 is 0 Å². The smallest absolute Gasteiger partial charge is 0.104 e. The molecule has 1 N–H and O–H groups in total. The van der Waals surface area contributed by atoms with Crippen molar-refractivity contribution >= 4 is 11.3 Å². The molecule has 1 fully saturated rings. The number of aryl methyl sites for hydroxylation is 1. The molecule has 1 aliphatic carbocycles. The number of nitrogens with one attached hydrogen (secondary N) is 1. The summed E-state index contributed by atoms with van der Waals surface area (Å²) < 4.78 is 0. The van der Waals surface area contributed by atoms with Crippen LogP contribution in [0, 0.1) is 0 Å². The van der Waals surface area contributed by atoms with Gasteiger partial charge in [0.2, 0.25) is 0 Å². The molecule has 21 heavy (non-hydrogen) atoms. The summed E-state index contributed by atoms with van der Waals surface area (Å²) in [7, 11) is 2.02. The molecule has 0 unspecified atom stereocenters. The van der Waals surface area contributed by atoms with Crippen LogP contribution in [-0.4, -0.2) is 12.0 Å². The molecule has 2 aromatic rings. The van der Waals surface area contributed by atoms with Crippen molar-refractivity contribution < 1.29 is 0 Å². The van der Waals surface area contributed by atoms with Crippen LogP contribution in [0.3, 0.4) is 0 Å². The maximum atomic E-state index is 5.07. The monoisotopic (exact) mass is 300 g/mol. The van der Waals surface area contributed by atoms with Gasteiger partial charge in [-0.15, -0.1) is 11.3 Å². The van der Waals surface area contributed by atoms with Crippen molar-refractivity contribution in [1.29, 1.82) is 0 Å². The Kier molecular flexibility index (Phi) is 4.41. The summed E-state index contributed by atoms with van der Waals surface area (Å²) in [5.41, 5.74) is 2.96. The molecule has 0 spiro atoms. The lowest BCUT2D eigenvalue weighted by Crippen LogP contribution is -2.35. The molecule has 0 bridgehead atoms. The van der Waals surface area contributed by atoms with Crippen LogP contribution in [0.4, 0.5) is 0 Å². The fraction of sp³-hybridized carbons (Fsp3) is 0.500. The maximum absolute atomic E-state index is 5.07. The van der Waals surface area contributed by atoms with Crippen molar-refractivity contribution in [3.05, 3.63) is 51.5 Å². The predicted molar refractivity (Wildman–Crippen MR) is 89.9 cm³/mol. The Bertz CT molecular complexity index is 561. The third-order valence-corrected chi connectivity index (χ3v) is 5.85. The summed E-state index contributed by atoms with van der Waals surface area (Å²) in [6, 6.07) is 11.0. The van der Waals surface area contributed by atoms with E-state index in [2.05, 4.69) is 42.6 Å². The van der Waals surface area contributed by atoms with E-state index in [0.29, 0.717) is 0 Å². The molecule has 1 aromatic carbocycles. The molecule has 1 aliphatic rings. The van der Waals surface area contributed by atoms with Crippen molar-refractivity contribution in [3.8, 4) is 0 Å². The van der Waals surface area contributed by atoms with Crippen LogP contribution < -0.4 is 5.32 Å². The Labute approximate surface area is 131 Å². The van der Waals surface area contributed by atoms with Crippen LogP contribution in [-0.2, 0) is 18.4 Å². The molecule has 112 valence electrons. The highest BCUT2D eigenvalue weighted by Gasteiger charge is 2.43. The van der Waals surface area contributed by atoms with Crippen molar-refractivity contribution in [2.75, 3.05) is 7.05 Å². The number of hydrogen-bond acceptors (Lipinski definition) is 3. The third kappa shape index (κ3) is 2.65. The van der Waals surface area contributed by atoms with Gasteiger partial charge in [-0.2, -0.15) is 0 Å². The van der Waals surface area contributed by atoms with E-state index in [1.165, 1.54) is 40.4 Å². The van der Waals surface area contributed by atoms with E-state index in [9.17, 15) is 0 Å². The zero-order valence-electron chi connectivity index (χ0n) is 13.0. The first-order valence-corrected chi connectivity index (χ1v) is 8.81. The first-order chi connectivity index (χ1) is 10.3. The first kappa shape index (κ1) is 14.7. The van der Waals surface area contributed by atoms with Crippen LogP contribution in [0.25, 0.3) is 0 Å². The average Bonchev–Trinajstić information content (AvgIpc) is 2.83. The number of rotatable bonds is 6. The van der Waals surface area contributed by atoms with E-state index in [1.807, 2.05) is 18.4 Å². The molecular formula is C18H24N2S. The summed E-state index contributed by atoms with van der Waals surface area (Å²) in [4.78, 5) is 6.49. The van der Waals surface area contributed by atoms with E-state index in [0.717, 1.165) is 19.4 Å². The van der Waals surface area contributed by atoms with Gasteiger partial charge in [-0.25, -0.2) is 4.98 Å². The minimum absolute atomic E-state index is 0.195. The normalized spacial score (nSPS) is 16.7. The van der Waals surface area contributed by atoms with E-state index >= 15 is 0 Å². The van der Waals surface area contributed by atoms with Crippen LogP contribution in [0.15, 0.2) is 30.3 Å². The van der Waals surface area contributed by atoms with E-state index in [-0.39, 0.29) is 5.41 Å². The lowest BCUT2D eigenvalue weighted by molar-refractivity contribution is 0.300. The molecule has 1 heterocycles. The summed E-state index contributed by atoms with van der Waals surface area (Å²) in [6.07, 6.45) is 6.07. The molecule has 0 aliphatic heterocycles. The molecule has 0 saturated heterocycles. The van der Waals surface area contributed by atoms with E-state index in [4.69, 9.17) is 4.98 Å². The van der Waals surface area contributed by atoms with Gasteiger partial charge in [0, 0.05) is 16.8 Å². The van der Waals surface area contributed by atoms with Gasteiger partial charge >= 0.3 is 0 Å². The van der Waals surface area contributed by atoms with Gasteiger partial charge in [0.25, 0.3) is 0 Å². The van der Waals surface area contributed by atoms with Gasteiger partial charge in [0.1, 0.15) is 5.01 Å². The molecule has 0 atom stereocenters. The van der Waals surface area contributed by atoms with Gasteiger partial charge in [-0.3, -0.25) is 0 Å². The number of thiazole rings is 1. The average molecular weight is 300 g/mol. The van der Waals surface area contributed by atoms with Gasteiger partial charge < -0.3 is 5.32 Å². The minimum Gasteiger partial charge on any atom is -0.315 e. The Morgan fingerprint density at radius 3 is 2.57 bits per heavy atom. The van der Waals surface area contributed by atoms with Crippen LogP contribution in [0.2, 0.25) is 0 Å². The summed E-state index contributed by atoms with van der Waals surface area (Å²) in [5, 5.41) is 4.64. The van der Waals surface area contributed by atoms with Crippen LogP contribution in [0.5, 0.6) is 0 Å². The zero-order chi connectivity index (χ0) is 14.7. The van der Waals surface area contributed by atoms with Gasteiger partial charge in [0.15, 0.2) is 0 Å². The minimum atomic E-state index is 0.195. The van der Waals surface area contributed by atoms with Gasteiger partial charge in [-0.05, 0) is 31.9 Å². The number of hydrogen-bond donors (Lipinski definition) is 1. The Hall–Kier alpha value is -1.19. The van der Waals surface area contributed by atoms with Crippen LogP contribution >= 0.6 is 11.3 Å². The molecule has 3 heteroatoms. The third-order valence-electron chi connectivity index (χ3n) is 4.55. The highest BCUT2D eigenvalue weighted by Crippen LogP contribution is 2.50. The standard InChI is InChI=1S/C18H24N2S/c1-3-8-15-16(13-19-2)21-17(20-15)18(11-7-12-18)14-9-5-4-6-10-14/h4-6,9-10,19H,3,7-8,11-13H2,1-2H3. The molecular weight excluding hydrogens is 276 g/mol. The lowest BCUT2D eigenvalue weighted by Gasteiger charge is -2.40. The summed E-state index contributed by atoms with van der Waals surface area (Å²) in [5.74, 6) is 0.